The Hall–Kier alpha value is -3.20. The fraction of sp³-hybridized carbons (Fsp3) is 0.176. The number of aromatic amines is 1. The van der Waals surface area contributed by atoms with Crippen molar-refractivity contribution in [3.05, 3.63) is 41.5 Å². The number of tetrazole rings is 1. The first kappa shape index (κ1) is 21.0. The first-order valence-corrected chi connectivity index (χ1v) is 12.2. The summed E-state index contributed by atoms with van der Waals surface area (Å²) in [6.07, 6.45) is 0. The van der Waals surface area contributed by atoms with E-state index in [1.54, 1.807) is 18.2 Å². The van der Waals surface area contributed by atoms with Crippen LogP contribution >= 0.6 is 0 Å². The number of primary sulfonamides is 1. The van der Waals surface area contributed by atoms with Crippen LogP contribution in [-0.2, 0) is 26.4 Å². The van der Waals surface area contributed by atoms with Crippen LogP contribution < -0.4 is 16.2 Å². The highest BCUT2D eigenvalue weighted by atomic mass is 32.2. The molecular formula is C17H18N7O5S2+. The smallest absolute Gasteiger partial charge is 0.251 e. The van der Waals surface area contributed by atoms with Gasteiger partial charge in [0, 0.05) is 12.1 Å². The molecule has 31 heavy (non-hydrogen) atoms. The zero-order valence-corrected chi connectivity index (χ0v) is 17.6. The number of fused-ring (bicyclic) bond motifs is 1. The molecule has 1 aliphatic heterocycles. The Labute approximate surface area is 177 Å². The van der Waals surface area contributed by atoms with E-state index in [0.717, 1.165) is 0 Å². The summed E-state index contributed by atoms with van der Waals surface area (Å²) in [5.74, 6) is -0.715. The lowest BCUT2D eigenvalue weighted by Gasteiger charge is -2.16. The molecule has 0 atom stereocenters. The van der Waals surface area contributed by atoms with Gasteiger partial charge in [-0.05, 0) is 40.1 Å². The van der Waals surface area contributed by atoms with Gasteiger partial charge in [0.15, 0.2) is 9.84 Å². The van der Waals surface area contributed by atoms with E-state index in [4.69, 9.17) is 5.14 Å². The Morgan fingerprint density at radius 2 is 1.84 bits per heavy atom. The number of carbonyl (C=O) groups excluding carboxylic acids is 1. The largest absolute Gasteiger partial charge is 0.357 e. The normalized spacial score (nSPS) is 13.8. The van der Waals surface area contributed by atoms with E-state index in [0.29, 0.717) is 28.8 Å². The summed E-state index contributed by atoms with van der Waals surface area (Å²) in [6, 6.07) is 7.60. The number of sulfonamides is 1. The van der Waals surface area contributed by atoms with E-state index in [-0.39, 0.29) is 29.6 Å². The van der Waals surface area contributed by atoms with E-state index in [9.17, 15) is 21.6 Å². The summed E-state index contributed by atoms with van der Waals surface area (Å²) in [4.78, 5) is 10.8. The van der Waals surface area contributed by atoms with Crippen molar-refractivity contribution in [1.29, 1.82) is 0 Å². The monoisotopic (exact) mass is 464 g/mol. The number of hydrogen-bond donors (Lipinski definition) is 4. The third-order valence-corrected chi connectivity index (χ3v) is 7.78. The zero-order chi connectivity index (χ0) is 22.4. The molecule has 14 heteroatoms. The Kier molecular flexibility index (Phi) is 5.09. The van der Waals surface area contributed by atoms with Crippen molar-refractivity contribution < 1.29 is 27.4 Å². The lowest BCUT2D eigenvalue weighted by molar-refractivity contribution is -0.360. The maximum Gasteiger partial charge on any atom is 0.251 e. The highest BCUT2D eigenvalue weighted by Gasteiger charge is 2.32. The van der Waals surface area contributed by atoms with Gasteiger partial charge in [-0.25, -0.2) is 22.0 Å². The van der Waals surface area contributed by atoms with Gasteiger partial charge >= 0.3 is 0 Å². The topological polar surface area (TPSA) is 206 Å². The van der Waals surface area contributed by atoms with Gasteiger partial charge in [0.25, 0.3) is 5.91 Å². The summed E-state index contributed by atoms with van der Waals surface area (Å²) in [6.45, 7) is 0.356. The minimum absolute atomic E-state index is 0.0392. The molecule has 162 valence electrons. The minimum Gasteiger partial charge on any atom is -0.357 e. The highest BCUT2D eigenvalue weighted by Crippen LogP contribution is 2.39. The quantitative estimate of drug-likeness (QED) is 0.335. The van der Waals surface area contributed by atoms with Crippen molar-refractivity contribution in [2.75, 3.05) is 12.3 Å². The molecule has 12 nitrogen and oxygen atoms in total. The van der Waals surface area contributed by atoms with Crippen molar-refractivity contribution >= 4 is 25.8 Å². The van der Waals surface area contributed by atoms with Gasteiger partial charge in [-0.3, -0.25) is 4.79 Å². The summed E-state index contributed by atoms with van der Waals surface area (Å²) in [5, 5.41) is 21.6. The van der Waals surface area contributed by atoms with Crippen molar-refractivity contribution in [2.45, 2.75) is 16.3 Å². The zero-order valence-electron chi connectivity index (χ0n) is 16.0. The summed E-state index contributed by atoms with van der Waals surface area (Å²) in [5.41, 5.74) is 5.50. The second kappa shape index (κ2) is 7.49. The van der Waals surface area contributed by atoms with E-state index < -0.39 is 29.7 Å². The number of carbonyl (C=O) groups is 1. The van der Waals surface area contributed by atoms with Crippen LogP contribution in [0, 0.1) is 0 Å². The minimum atomic E-state index is -4.53. The summed E-state index contributed by atoms with van der Waals surface area (Å²) < 4.78 is 50.8. The van der Waals surface area contributed by atoms with Crippen LogP contribution in [0.2, 0.25) is 0 Å². The number of hydrogen-bond acceptors (Lipinski definition) is 8. The fourth-order valence-corrected chi connectivity index (χ4v) is 6.34. The second-order valence-electron chi connectivity index (χ2n) is 6.82. The lowest BCUT2D eigenvalue weighted by atomic mass is 9.96. The molecule has 0 spiro atoms. The predicted molar refractivity (Wildman–Crippen MR) is 107 cm³/mol. The van der Waals surface area contributed by atoms with E-state index in [1.807, 2.05) is 0 Å². The SMILES string of the molecule is NS(=O)(=O)c1c(S(=O)(=O)CC[NH3+])ccc(-c2ccc3c(c2)CNC3=O)c1-c1nn[nH]n1. The highest BCUT2D eigenvalue weighted by molar-refractivity contribution is 7.93. The molecule has 4 rings (SSSR count). The van der Waals surface area contributed by atoms with Gasteiger partial charge in [-0.2, -0.15) is 5.21 Å². The maximum atomic E-state index is 12.8. The number of amides is 1. The van der Waals surface area contributed by atoms with Crippen molar-refractivity contribution in [3.63, 3.8) is 0 Å². The molecule has 1 aliphatic rings. The Morgan fingerprint density at radius 3 is 2.48 bits per heavy atom. The molecule has 0 bridgehead atoms. The number of H-pyrrole nitrogens is 1. The molecule has 0 saturated carbocycles. The number of aromatic nitrogens is 4. The van der Waals surface area contributed by atoms with Gasteiger partial charge in [0.2, 0.25) is 15.8 Å². The molecule has 3 aromatic rings. The van der Waals surface area contributed by atoms with Gasteiger partial charge < -0.3 is 11.1 Å². The Bertz CT molecular complexity index is 1400. The number of nitrogens with zero attached hydrogens (tertiary/aromatic N) is 3. The molecule has 0 fully saturated rings. The number of benzene rings is 2. The average Bonchev–Trinajstić information content (AvgIpc) is 3.36. The van der Waals surface area contributed by atoms with Crippen LogP contribution in [0.25, 0.3) is 22.5 Å². The molecule has 0 radical (unpaired) electrons. The maximum absolute atomic E-state index is 12.8. The number of quaternary nitrogens is 1. The van der Waals surface area contributed by atoms with E-state index >= 15 is 0 Å². The van der Waals surface area contributed by atoms with Crippen LogP contribution in [0.1, 0.15) is 15.9 Å². The predicted octanol–water partition coefficient (Wildman–Crippen LogP) is -1.56. The third kappa shape index (κ3) is 3.69. The van der Waals surface area contributed by atoms with E-state index in [2.05, 4.69) is 31.7 Å². The third-order valence-electron chi connectivity index (χ3n) is 4.82. The van der Waals surface area contributed by atoms with Gasteiger partial charge in [0.05, 0.1) is 17.0 Å². The van der Waals surface area contributed by atoms with Gasteiger partial charge in [0.1, 0.15) is 10.6 Å². The number of sulfone groups is 1. The standard InChI is InChI=1S/C17H17N7O5S2/c18-5-6-30(26,27)13-4-3-11(9-1-2-12-10(7-9)8-20-17(12)25)14(15(13)31(19,28)29)16-21-23-24-22-16/h1-4,7H,5-6,8,18H2,(H,20,25)(H2,19,28,29)(H,21,22,23,24)/p+1. The summed E-state index contributed by atoms with van der Waals surface area (Å²) in [7, 11) is -8.55. The van der Waals surface area contributed by atoms with Crippen molar-refractivity contribution in [1.82, 2.24) is 25.9 Å². The molecule has 2 heterocycles. The van der Waals surface area contributed by atoms with E-state index in [1.165, 1.54) is 12.1 Å². The van der Waals surface area contributed by atoms with Crippen LogP contribution in [0.5, 0.6) is 0 Å². The second-order valence-corrected chi connectivity index (χ2v) is 10.4. The molecule has 0 saturated heterocycles. The molecule has 0 unspecified atom stereocenters. The van der Waals surface area contributed by atoms with Crippen molar-refractivity contribution in [2.24, 2.45) is 5.14 Å². The fourth-order valence-electron chi connectivity index (χ4n) is 3.52. The summed E-state index contributed by atoms with van der Waals surface area (Å²) >= 11 is 0. The molecular weight excluding hydrogens is 446 g/mol. The first-order valence-electron chi connectivity index (χ1n) is 9.00. The van der Waals surface area contributed by atoms with Crippen LogP contribution in [-0.4, -0.2) is 55.7 Å². The van der Waals surface area contributed by atoms with Crippen molar-refractivity contribution in [3.8, 4) is 22.5 Å². The Morgan fingerprint density at radius 1 is 1.10 bits per heavy atom. The van der Waals surface area contributed by atoms with Crippen LogP contribution in [0.15, 0.2) is 40.1 Å². The lowest BCUT2D eigenvalue weighted by Crippen LogP contribution is -2.53. The molecule has 2 aromatic carbocycles. The molecule has 1 aromatic heterocycles. The molecule has 1 amide bonds. The number of nitrogens with one attached hydrogen (secondary N) is 2. The van der Waals surface area contributed by atoms with Gasteiger partial charge in [-0.15, -0.1) is 10.2 Å². The van der Waals surface area contributed by atoms with Gasteiger partial charge in [-0.1, -0.05) is 12.1 Å². The first-order chi connectivity index (χ1) is 14.6. The van der Waals surface area contributed by atoms with Crippen LogP contribution in [0.4, 0.5) is 0 Å². The van der Waals surface area contributed by atoms with Crippen LogP contribution in [0.3, 0.4) is 0 Å². The molecule has 0 aliphatic carbocycles. The average molecular weight is 465 g/mol. The molecule has 7 N–H and O–H groups in total. The Balaban J connectivity index is 2.08. The number of rotatable bonds is 6. The number of nitrogens with two attached hydrogens (primary N) is 1.